The van der Waals surface area contributed by atoms with Crippen molar-refractivity contribution in [1.29, 1.82) is 0 Å². The van der Waals surface area contributed by atoms with E-state index in [4.69, 9.17) is 12.2 Å². The van der Waals surface area contributed by atoms with Crippen molar-refractivity contribution in [2.45, 2.75) is 19.4 Å². The number of hydrogen-bond donors (Lipinski definition) is 1. The monoisotopic (exact) mass is 295 g/mol. The zero-order chi connectivity index (χ0) is 14.7. The number of benzene rings is 2. The summed E-state index contributed by atoms with van der Waals surface area (Å²) in [4.78, 5) is 0. The molecule has 1 heterocycles. The van der Waals surface area contributed by atoms with Crippen LogP contribution in [0.5, 0.6) is 0 Å². The van der Waals surface area contributed by atoms with Crippen molar-refractivity contribution in [1.82, 2.24) is 5.01 Å². The van der Waals surface area contributed by atoms with Crippen LogP contribution in [-0.2, 0) is 0 Å². The van der Waals surface area contributed by atoms with Crippen molar-refractivity contribution < 1.29 is 0 Å². The highest BCUT2D eigenvalue weighted by molar-refractivity contribution is 7.80. The Morgan fingerprint density at radius 2 is 2.00 bits per heavy atom. The van der Waals surface area contributed by atoms with Crippen LogP contribution in [0.2, 0.25) is 0 Å². The number of thiocarbonyl (C=S) groups is 1. The molecule has 1 aliphatic heterocycles. The topological polar surface area (TPSA) is 27.6 Å². The summed E-state index contributed by atoms with van der Waals surface area (Å²) in [6, 6.07) is 18.7. The average Bonchev–Trinajstić information content (AvgIpc) is 2.98. The molecule has 3 rings (SSSR count). The molecule has 4 heteroatoms. The van der Waals surface area contributed by atoms with Crippen LogP contribution < -0.4 is 5.32 Å². The molecule has 106 valence electrons. The Balaban J connectivity index is 1.76. The second-order valence-electron chi connectivity index (χ2n) is 5.10. The van der Waals surface area contributed by atoms with Crippen molar-refractivity contribution in [2.75, 3.05) is 5.32 Å². The molecule has 0 aliphatic carbocycles. The smallest absolute Gasteiger partial charge is 0.194 e. The van der Waals surface area contributed by atoms with Crippen molar-refractivity contribution in [3.8, 4) is 0 Å². The van der Waals surface area contributed by atoms with Gasteiger partial charge in [-0.05, 0) is 42.4 Å². The lowest BCUT2D eigenvalue weighted by Crippen LogP contribution is -2.31. The Bertz CT molecular complexity index is 667. The van der Waals surface area contributed by atoms with E-state index < -0.39 is 0 Å². The minimum atomic E-state index is 0.177. The molecule has 0 fully saturated rings. The summed E-state index contributed by atoms with van der Waals surface area (Å²) in [7, 11) is 0. The molecule has 21 heavy (non-hydrogen) atoms. The zero-order valence-corrected chi connectivity index (χ0v) is 12.7. The molecule has 0 amide bonds. The van der Waals surface area contributed by atoms with Crippen LogP contribution in [0.1, 0.15) is 23.6 Å². The van der Waals surface area contributed by atoms with Gasteiger partial charge in [-0.3, -0.25) is 0 Å². The Morgan fingerprint density at radius 1 is 1.19 bits per heavy atom. The fourth-order valence-corrected chi connectivity index (χ4v) is 2.76. The summed E-state index contributed by atoms with van der Waals surface area (Å²) in [6.45, 7) is 2.06. The highest BCUT2D eigenvalue weighted by Crippen LogP contribution is 2.28. The maximum absolute atomic E-state index is 5.52. The normalized spacial score (nSPS) is 17.0. The highest BCUT2D eigenvalue weighted by atomic mass is 32.1. The maximum Gasteiger partial charge on any atom is 0.194 e. The zero-order valence-electron chi connectivity index (χ0n) is 11.9. The lowest BCUT2D eigenvalue weighted by Gasteiger charge is -2.25. The van der Waals surface area contributed by atoms with Gasteiger partial charge in [0.25, 0.3) is 0 Å². The van der Waals surface area contributed by atoms with Gasteiger partial charge in [-0.15, -0.1) is 0 Å². The van der Waals surface area contributed by atoms with Crippen LogP contribution in [0.15, 0.2) is 59.7 Å². The van der Waals surface area contributed by atoms with Crippen LogP contribution in [0.3, 0.4) is 0 Å². The summed E-state index contributed by atoms with van der Waals surface area (Å²) in [5, 5.41) is 10.2. The lowest BCUT2D eigenvalue weighted by molar-refractivity contribution is 0.375. The van der Waals surface area contributed by atoms with Crippen molar-refractivity contribution >= 4 is 29.2 Å². The third kappa shape index (κ3) is 3.11. The molecule has 3 nitrogen and oxygen atoms in total. The van der Waals surface area contributed by atoms with E-state index in [0.29, 0.717) is 5.11 Å². The number of nitrogens with one attached hydrogen (secondary N) is 1. The second kappa shape index (κ2) is 6.06. The quantitative estimate of drug-likeness (QED) is 0.844. The van der Waals surface area contributed by atoms with Gasteiger partial charge < -0.3 is 5.32 Å². The molecule has 1 N–H and O–H groups in total. The first-order valence-corrected chi connectivity index (χ1v) is 7.39. The van der Waals surface area contributed by atoms with Crippen LogP contribution in [0, 0.1) is 6.92 Å². The van der Waals surface area contributed by atoms with Crippen molar-refractivity contribution in [3.63, 3.8) is 0 Å². The first-order valence-electron chi connectivity index (χ1n) is 6.98. The highest BCUT2D eigenvalue weighted by Gasteiger charge is 2.25. The largest absolute Gasteiger partial charge is 0.331 e. The van der Waals surface area contributed by atoms with E-state index in [-0.39, 0.29) is 6.04 Å². The van der Waals surface area contributed by atoms with Gasteiger partial charge in [0, 0.05) is 18.3 Å². The molecular formula is C17H17N3S. The second-order valence-corrected chi connectivity index (χ2v) is 5.49. The number of aryl methyl sites for hydroxylation is 1. The Kier molecular flexibility index (Phi) is 3.97. The minimum Gasteiger partial charge on any atom is -0.331 e. The van der Waals surface area contributed by atoms with E-state index in [9.17, 15) is 0 Å². The van der Waals surface area contributed by atoms with Crippen molar-refractivity contribution in [3.05, 3.63) is 65.7 Å². The number of rotatable bonds is 2. The summed E-state index contributed by atoms with van der Waals surface area (Å²) < 4.78 is 0. The molecule has 2 aromatic rings. The van der Waals surface area contributed by atoms with E-state index in [2.05, 4.69) is 41.6 Å². The molecule has 0 saturated heterocycles. The van der Waals surface area contributed by atoms with Gasteiger partial charge in [0.05, 0.1) is 6.04 Å². The molecule has 1 aliphatic rings. The third-order valence-electron chi connectivity index (χ3n) is 3.49. The molecule has 0 saturated carbocycles. The van der Waals surface area contributed by atoms with E-state index in [1.807, 2.05) is 41.6 Å². The predicted octanol–water partition coefficient (Wildman–Crippen LogP) is 4.12. The number of anilines is 1. The predicted molar refractivity (Wildman–Crippen MR) is 91.5 cm³/mol. The molecule has 2 aromatic carbocycles. The van der Waals surface area contributed by atoms with Gasteiger partial charge in [0.2, 0.25) is 0 Å². The van der Waals surface area contributed by atoms with Gasteiger partial charge in [-0.25, -0.2) is 5.01 Å². The molecule has 0 unspecified atom stereocenters. The average molecular weight is 295 g/mol. The number of nitrogens with zero attached hydrogens (tertiary/aromatic N) is 2. The van der Waals surface area contributed by atoms with Crippen LogP contribution in [0.4, 0.5) is 5.69 Å². The van der Waals surface area contributed by atoms with E-state index in [1.165, 1.54) is 11.1 Å². The molecule has 0 radical (unpaired) electrons. The van der Waals surface area contributed by atoms with E-state index in [0.717, 1.165) is 12.1 Å². The fraction of sp³-hybridized carbons (Fsp3) is 0.176. The van der Waals surface area contributed by atoms with Gasteiger partial charge in [-0.1, -0.05) is 42.5 Å². The van der Waals surface area contributed by atoms with Gasteiger partial charge in [0.1, 0.15) is 0 Å². The maximum atomic E-state index is 5.52. The standard InChI is InChI=1S/C17H17N3S/c1-13-6-5-9-15(12-13)19-17(21)20-16(10-11-18-20)14-7-3-2-4-8-14/h2-9,11-12,16H,10H2,1H3,(H,19,21)/t16-/m1/s1. The van der Waals surface area contributed by atoms with Crippen LogP contribution >= 0.6 is 12.2 Å². The first-order chi connectivity index (χ1) is 10.2. The van der Waals surface area contributed by atoms with Crippen LogP contribution in [-0.4, -0.2) is 16.3 Å². The van der Waals surface area contributed by atoms with Gasteiger partial charge in [0.15, 0.2) is 5.11 Å². The summed E-state index contributed by atoms with van der Waals surface area (Å²) in [6.07, 6.45) is 2.79. The van der Waals surface area contributed by atoms with Gasteiger partial charge >= 0.3 is 0 Å². The lowest BCUT2D eigenvalue weighted by atomic mass is 10.1. The van der Waals surface area contributed by atoms with Crippen molar-refractivity contribution in [2.24, 2.45) is 5.10 Å². The summed E-state index contributed by atoms with van der Waals surface area (Å²) >= 11 is 5.52. The number of hydrogen-bond acceptors (Lipinski definition) is 2. The SMILES string of the molecule is Cc1cccc(NC(=S)N2N=CC[C@@H]2c2ccccc2)c1. The Morgan fingerprint density at radius 3 is 2.76 bits per heavy atom. The van der Waals surface area contributed by atoms with E-state index >= 15 is 0 Å². The number of hydrazone groups is 1. The fourth-order valence-electron chi connectivity index (χ4n) is 2.47. The molecule has 0 bridgehead atoms. The molecular weight excluding hydrogens is 278 g/mol. The first kappa shape index (κ1) is 13.8. The molecule has 0 spiro atoms. The van der Waals surface area contributed by atoms with Crippen LogP contribution in [0.25, 0.3) is 0 Å². The summed E-state index contributed by atoms with van der Waals surface area (Å²) in [5.74, 6) is 0. The Labute approximate surface area is 130 Å². The Hall–Kier alpha value is -2.20. The third-order valence-corrected chi connectivity index (χ3v) is 3.78. The van der Waals surface area contributed by atoms with Gasteiger partial charge in [-0.2, -0.15) is 5.10 Å². The molecule has 1 atom stereocenters. The molecule has 0 aromatic heterocycles. The van der Waals surface area contributed by atoms with E-state index in [1.54, 1.807) is 0 Å². The minimum absolute atomic E-state index is 0.177. The summed E-state index contributed by atoms with van der Waals surface area (Å²) in [5.41, 5.74) is 3.42.